The first-order valence-electron chi connectivity index (χ1n) is 11.0. The molecule has 2 aliphatic heterocycles. The number of hydrogen-bond acceptors (Lipinski definition) is 5. The molecule has 3 heterocycles. The van der Waals surface area contributed by atoms with Crippen LogP contribution in [0.15, 0.2) is 73.1 Å². The van der Waals surface area contributed by atoms with Crippen molar-refractivity contribution in [3.8, 4) is 0 Å². The van der Waals surface area contributed by atoms with Gasteiger partial charge < -0.3 is 14.5 Å². The molecule has 2 aliphatic rings. The number of esters is 1. The Morgan fingerprint density at radius 3 is 2.12 bits per heavy atom. The molecule has 1 atom stereocenters. The first kappa shape index (κ1) is 20.9. The predicted octanol–water partition coefficient (Wildman–Crippen LogP) is 3.13. The number of hydrogen-bond donors (Lipinski definition) is 0. The van der Waals surface area contributed by atoms with Gasteiger partial charge >= 0.3 is 5.97 Å². The quantitative estimate of drug-likeness (QED) is 0.584. The van der Waals surface area contributed by atoms with Crippen LogP contribution >= 0.6 is 0 Å². The summed E-state index contributed by atoms with van der Waals surface area (Å²) in [6.07, 6.45) is 3.36. The lowest BCUT2D eigenvalue weighted by atomic mass is 9.93. The molecule has 3 aromatic rings. The lowest BCUT2D eigenvalue weighted by Gasteiger charge is -2.35. The van der Waals surface area contributed by atoms with Crippen molar-refractivity contribution in [2.24, 2.45) is 0 Å². The lowest BCUT2D eigenvalue weighted by Crippen LogP contribution is -2.50. The van der Waals surface area contributed by atoms with Crippen molar-refractivity contribution in [3.63, 3.8) is 0 Å². The molecule has 166 valence electrons. The van der Waals surface area contributed by atoms with E-state index < -0.39 is 0 Å². The van der Waals surface area contributed by atoms with Crippen LogP contribution in [0, 0.1) is 0 Å². The standard InChI is InChI=1S/C26H23N3O4/c30-24(19-8-10-27-11-9-19)28-12-14-29(15-13-28)25(31)20-6-7-22-21(16-20)17-23(33-26(22)32)18-4-2-1-3-5-18/h1-11,16,23H,12-15,17H2/t23-/m1/s1. The molecule has 0 N–H and O–H groups in total. The van der Waals surface area contributed by atoms with Gasteiger partial charge in [-0.1, -0.05) is 30.3 Å². The second-order valence-corrected chi connectivity index (χ2v) is 8.20. The number of pyridine rings is 1. The Kier molecular flexibility index (Phi) is 5.60. The topological polar surface area (TPSA) is 79.8 Å². The summed E-state index contributed by atoms with van der Waals surface area (Å²) in [5, 5.41) is 0. The number of aromatic nitrogens is 1. The highest BCUT2D eigenvalue weighted by molar-refractivity contribution is 5.98. The number of piperazine rings is 1. The van der Waals surface area contributed by atoms with Crippen LogP contribution in [0.3, 0.4) is 0 Å². The minimum absolute atomic E-state index is 0.0521. The van der Waals surface area contributed by atoms with Gasteiger partial charge in [-0.05, 0) is 41.5 Å². The Bertz CT molecular complexity index is 1190. The van der Waals surface area contributed by atoms with Gasteiger partial charge in [0.15, 0.2) is 0 Å². The van der Waals surface area contributed by atoms with Crippen LogP contribution in [-0.2, 0) is 11.2 Å². The molecule has 5 rings (SSSR count). The molecule has 7 nitrogen and oxygen atoms in total. The van der Waals surface area contributed by atoms with Crippen molar-refractivity contribution < 1.29 is 19.1 Å². The van der Waals surface area contributed by atoms with Crippen LogP contribution in [0.4, 0.5) is 0 Å². The lowest BCUT2D eigenvalue weighted by molar-refractivity contribution is 0.0252. The smallest absolute Gasteiger partial charge is 0.339 e. The molecule has 2 aromatic carbocycles. The van der Waals surface area contributed by atoms with Gasteiger partial charge in [0.25, 0.3) is 11.8 Å². The molecule has 0 aliphatic carbocycles. The molecule has 0 spiro atoms. The van der Waals surface area contributed by atoms with Crippen LogP contribution in [0.1, 0.15) is 48.3 Å². The van der Waals surface area contributed by atoms with Gasteiger partial charge in [-0.2, -0.15) is 0 Å². The van der Waals surface area contributed by atoms with Gasteiger partial charge in [-0.25, -0.2) is 4.79 Å². The van der Waals surface area contributed by atoms with Gasteiger partial charge in [0.1, 0.15) is 6.10 Å². The molecule has 1 saturated heterocycles. The van der Waals surface area contributed by atoms with Crippen LogP contribution in [-0.4, -0.2) is 58.7 Å². The van der Waals surface area contributed by atoms with E-state index >= 15 is 0 Å². The summed E-state index contributed by atoms with van der Waals surface area (Å²) >= 11 is 0. The third kappa shape index (κ3) is 4.22. The van der Waals surface area contributed by atoms with E-state index in [-0.39, 0.29) is 23.9 Å². The molecule has 0 saturated carbocycles. The Morgan fingerprint density at radius 2 is 1.45 bits per heavy atom. The summed E-state index contributed by atoms with van der Waals surface area (Å²) in [7, 11) is 0. The van der Waals surface area contributed by atoms with Gasteiger partial charge in [0.05, 0.1) is 5.56 Å². The fourth-order valence-electron chi connectivity index (χ4n) is 4.35. The predicted molar refractivity (Wildman–Crippen MR) is 121 cm³/mol. The molecular weight excluding hydrogens is 418 g/mol. The number of fused-ring (bicyclic) bond motifs is 1. The van der Waals surface area contributed by atoms with Crippen molar-refractivity contribution in [3.05, 3.63) is 101 Å². The molecule has 7 heteroatoms. The fraction of sp³-hybridized carbons (Fsp3) is 0.231. The zero-order valence-electron chi connectivity index (χ0n) is 18.0. The highest BCUT2D eigenvalue weighted by Crippen LogP contribution is 2.31. The van der Waals surface area contributed by atoms with Crippen molar-refractivity contribution in [2.45, 2.75) is 12.5 Å². The van der Waals surface area contributed by atoms with Gasteiger partial charge in [0.2, 0.25) is 0 Å². The summed E-state index contributed by atoms with van der Waals surface area (Å²) in [5.41, 5.74) is 3.40. The van der Waals surface area contributed by atoms with E-state index in [9.17, 15) is 14.4 Å². The fourth-order valence-corrected chi connectivity index (χ4v) is 4.35. The summed E-state index contributed by atoms with van der Waals surface area (Å²) in [6, 6.07) is 18.2. The molecule has 1 fully saturated rings. The average Bonchev–Trinajstić information content (AvgIpc) is 2.88. The minimum Gasteiger partial charge on any atom is -0.454 e. The van der Waals surface area contributed by atoms with Crippen molar-refractivity contribution in [1.29, 1.82) is 0 Å². The minimum atomic E-state index is -0.368. The maximum Gasteiger partial charge on any atom is 0.339 e. The van der Waals surface area contributed by atoms with Crippen LogP contribution in [0.25, 0.3) is 0 Å². The van der Waals surface area contributed by atoms with E-state index in [1.54, 1.807) is 46.5 Å². The average molecular weight is 441 g/mol. The number of rotatable bonds is 3. The van der Waals surface area contributed by atoms with E-state index in [1.807, 2.05) is 36.4 Å². The van der Waals surface area contributed by atoms with E-state index in [0.717, 1.165) is 11.1 Å². The molecule has 0 radical (unpaired) electrons. The first-order chi connectivity index (χ1) is 16.1. The molecule has 2 amide bonds. The summed E-state index contributed by atoms with van der Waals surface area (Å²) in [6.45, 7) is 1.86. The second-order valence-electron chi connectivity index (χ2n) is 8.20. The number of amides is 2. The maximum absolute atomic E-state index is 13.2. The Balaban J connectivity index is 1.28. The van der Waals surface area contributed by atoms with Crippen LogP contribution in [0.5, 0.6) is 0 Å². The third-order valence-electron chi connectivity index (χ3n) is 6.18. The number of benzene rings is 2. The van der Waals surface area contributed by atoms with Gasteiger partial charge in [-0.3, -0.25) is 14.6 Å². The van der Waals surface area contributed by atoms with E-state index in [2.05, 4.69) is 4.98 Å². The van der Waals surface area contributed by atoms with Gasteiger partial charge in [0, 0.05) is 56.1 Å². The van der Waals surface area contributed by atoms with E-state index in [0.29, 0.717) is 49.3 Å². The van der Waals surface area contributed by atoms with E-state index in [1.165, 1.54) is 0 Å². The maximum atomic E-state index is 13.2. The third-order valence-corrected chi connectivity index (χ3v) is 6.18. The molecule has 33 heavy (non-hydrogen) atoms. The Labute approximate surface area is 191 Å². The normalized spacial score (nSPS) is 17.8. The summed E-state index contributed by atoms with van der Waals surface area (Å²) < 4.78 is 5.61. The largest absolute Gasteiger partial charge is 0.454 e. The molecule has 1 aromatic heterocycles. The van der Waals surface area contributed by atoms with Crippen molar-refractivity contribution in [2.75, 3.05) is 26.2 Å². The SMILES string of the molecule is O=C1O[C@@H](c2ccccc2)Cc2cc(C(=O)N3CCN(C(=O)c4ccncc4)CC3)ccc21. The van der Waals surface area contributed by atoms with Crippen molar-refractivity contribution >= 4 is 17.8 Å². The summed E-state index contributed by atoms with van der Waals surface area (Å²) in [4.78, 5) is 45.8. The number of cyclic esters (lactones) is 1. The molecular formula is C26H23N3O4. The van der Waals surface area contributed by atoms with Crippen LogP contribution < -0.4 is 0 Å². The number of nitrogens with zero attached hydrogens (tertiary/aromatic N) is 3. The zero-order chi connectivity index (χ0) is 22.8. The highest BCUT2D eigenvalue weighted by atomic mass is 16.5. The zero-order valence-corrected chi connectivity index (χ0v) is 18.0. The van der Waals surface area contributed by atoms with E-state index in [4.69, 9.17) is 4.74 Å². The first-order valence-corrected chi connectivity index (χ1v) is 11.0. The molecule has 0 unspecified atom stereocenters. The molecule has 0 bridgehead atoms. The highest BCUT2D eigenvalue weighted by Gasteiger charge is 2.30. The number of ether oxygens (including phenoxy) is 1. The van der Waals surface area contributed by atoms with Crippen LogP contribution in [0.2, 0.25) is 0 Å². The Hall–Kier alpha value is -4.00. The number of carbonyl (C=O) groups is 3. The number of carbonyl (C=O) groups excluding carboxylic acids is 3. The van der Waals surface area contributed by atoms with Gasteiger partial charge in [-0.15, -0.1) is 0 Å². The Morgan fingerprint density at radius 1 is 0.818 bits per heavy atom. The summed E-state index contributed by atoms with van der Waals surface area (Å²) in [5.74, 6) is -0.514. The monoisotopic (exact) mass is 441 g/mol. The van der Waals surface area contributed by atoms with Crippen molar-refractivity contribution in [1.82, 2.24) is 14.8 Å². The second kappa shape index (κ2) is 8.86.